The lowest BCUT2D eigenvalue weighted by atomic mass is 9.98. The quantitative estimate of drug-likeness (QED) is 0.293. The van der Waals surface area contributed by atoms with Crippen molar-refractivity contribution in [2.75, 3.05) is 18.0 Å². The van der Waals surface area contributed by atoms with E-state index in [1.165, 1.54) is 24.1 Å². The molecule has 2 aliphatic heterocycles. The van der Waals surface area contributed by atoms with Crippen LogP contribution in [0.3, 0.4) is 0 Å². The summed E-state index contributed by atoms with van der Waals surface area (Å²) in [5.41, 5.74) is 1.16. The van der Waals surface area contributed by atoms with E-state index >= 15 is 0 Å². The summed E-state index contributed by atoms with van der Waals surface area (Å²) in [6, 6.07) is 21.0. The summed E-state index contributed by atoms with van der Waals surface area (Å²) in [4.78, 5) is 17.9. The van der Waals surface area contributed by atoms with E-state index in [0.29, 0.717) is 24.4 Å². The van der Waals surface area contributed by atoms with E-state index in [2.05, 4.69) is 14.4 Å². The van der Waals surface area contributed by atoms with Gasteiger partial charge in [0.1, 0.15) is 11.4 Å². The largest absolute Gasteiger partial charge is 0.573 e. The molecule has 0 bridgehead atoms. The SMILES string of the molecule is CC.CC(C)(C)OC(=O)N1CC(NSc2ccc(OC(F)(F)F)cc2)CC(N2c3ccccc3Oc3ccccc32)C1. The van der Waals surface area contributed by atoms with Crippen LogP contribution in [0, 0.1) is 0 Å². The highest BCUT2D eigenvalue weighted by Crippen LogP contribution is 2.48. The number of likely N-dealkylation sites (tertiary alicyclic amines) is 1. The number of ether oxygens (including phenoxy) is 3. The molecule has 2 atom stereocenters. The zero-order valence-corrected chi connectivity index (χ0v) is 25.1. The molecule has 2 heterocycles. The summed E-state index contributed by atoms with van der Waals surface area (Å²) in [7, 11) is 0. The van der Waals surface area contributed by atoms with Crippen LogP contribution in [0.25, 0.3) is 0 Å². The lowest BCUT2D eigenvalue weighted by Gasteiger charge is -2.45. The standard InChI is InChI=1S/C29H30F3N3O4S.C2H6/c1-28(2,3)39-27(36)34-17-19(33-40-22-14-12-21(13-15-22)38-29(30,31)32)16-20(18-34)35-23-8-4-6-10-25(23)37-26-11-7-5-9-24(26)35;1-2/h4-15,19-20,33H,16-18H2,1-3H3;1-2H3. The van der Waals surface area contributed by atoms with Crippen LogP contribution >= 0.6 is 11.9 Å². The molecule has 0 aromatic heterocycles. The van der Waals surface area contributed by atoms with Gasteiger partial charge in [0, 0.05) is 24.0 Å². The van der Waals surface area contributed by atoms with Crippen LogP contribution in [0.5, 0.6) is 17.2 Å². The van der Waals surface area contributed by atoms with Crippen molar-refractivity contribution < 1.29 is 32.2 Å². The molecule has 11 heteroatoms. The van der Waals surface area contributed by atoms with Gasteiger partial charge in [-0.1, -0.05) is 38.1 Å². The Morgan fingerprint density at radius 2 is 1.48 bits per heavy atom. The number of nitrogens with one attached hydrogen (secondary N) is 1. The summed E-state index contributed by atoms with van der Waals surface area (Å²) in [5.74, 6) is 1.18. The smallest absolute Gasteiger partial charge is 0.453 e. The number of piperidine rings is 1. The predicted molar refractivity (Wildman–Crippen MR) is 159 cm³/mol. The van der Waals surface area contributed by atoms with Crippen LogP contribution in [-0.2, 0) is 4.74 Å². The van der Waals surface area contributed by atoms with Gasteiger partial charge in [-0.15, -0.1) is 13.2 Å². The van der Waals surface area contributed by atoms with Crippen molar-refractivity contribution in [1.82, 2.24) is 9.62 Å². The Hall–Kier alpha value is -3.57. The number of benzene rings is 3. The minimum absolute atomic E-state index is 0.117. The van der Waals surface area contributed by atoms with E-state index in [0.717, 1.165) is 22.9 Å². The number of fused-ring (bicyclic) bond motifs is 2. The van der Waals surface area contributed by atoms with Gasteiger partial charge in [-0.25, -0.2) is 4.79 Å². The predicted octanol–water partition coefficient (Wildman–Crippen LogP) is 8.53. The molecule has 1 N–H and O–H groups in total. The van der Waals surface area contributed by atoms with Crippen LogP contribution in [0.1, 0.15) is 41.0 Å². The minimum atomic E-state index is -4.74. The number of anilines is 2. The molecule has 2 unspecified atom stereocenters. The molecule has 3 aromatic rings. The normalized spacial score (nSPS) is 18.1. The molecule has 0 saturated carbocycles. The fourth-order valence-corrected chi connectivity index (χ4v) is 5.55. The fourth-order valence-electron chi connectivity index (χ4n) is 4.81. The number of hydrogen-bond donors (Lipinski definition) is 1. The molecule has 226 valence electrons. The third kappa shape index (κ3) is 8.04. The molecule has 2 aliphatic rings. The van der Waals surface area contributed by atoms with Gasteiger partial charge >= 0.3 is 12.5 Å². The Bertz CT molecular complexity index is 1300. The number of carbonyl (C=O) groups excluding carboxylic acids is 1. The van der Waals surface area contributed by atoms with E-state index in [-0.39, 0.29) is 17.8 Å². The molecule has 0 radical (unpaired) electrons. The highest BCUT2D eigenvalue weighted by atomic mass is 32.2. The molecule has 1 amide bonds. The number of carbonyl (C=O) groups is 1. The van der Waals surface area contributed by atoms with Crippen LogP contribution < -0.4 is 19.1 Å². The van der Waals surface area contributed by atoms with Crippen molar-refractivity contribution in [3.8, 4) is 17.2 Å². The Labute approximate surface area is 249 Å². The van der Waals surface area contributed by atoms with Gasteiger partial charge in [-0.3, -0.25) is 4.72 Å². The molecule has 0 aliphatic carbocycles. The highest BCUT2D eigenvalue weighted by Gasteiger charge is 2.39. The molecule has 7 nitrogen and oxygen atoms in total. The molecule has 1 saturated heterocycles. The molecule has 42 heavy (non-hydrogen) atoms. The lowest BCUT2D eigenvalue weighted by Crippen LogP contribution is -2.57. The van der Waals surface area contributed by atoms with Crippen LogP contribution in [0.2, 0.25) is 0 Å². The molecular weight excluding hydrogens is 567 g/mol. The number of amides is 1. The van der Waals surface area contributed by atoms with Crippen molar-refractivity contribution in [3.05, 3.63) is 72.8 Å². The summed E-state index contributed by atoms with van der Waals surface area (Å²) in [6.07, 6.45) is -4.46. The summed E-state index contributed by atoms with van der Waals surface area (Å²) >= 11 is 1.29. The van der Waals surface area contributed by atoms with E-state index < -0.39 is 18.1 Å². The summed E-state index contributed by atoms with van der Waals surface area (Å²) in [6.45, 7) is 10.3. The number of hydrogen-bond acceptors (Lipinski definition) is 7. The molecule has 5 rings (SSSR count). The third-order valence-corrected chi connectivity index (χ3v) is 7.27. The number of alkyl halides is 3. The second-order valence-electron chi connectivity index (χ2n) is 10.6. The minimum Gasteiger partial charge on any atom is -0.453 e. The van der Waals surface area contributed by atoms with Crippen LogP contribution in [0.15, 0.2) is 77.7 Å². The second kappa shape index (κ2) is 13.2. The number of rotatable bonds is 5. The number of para-hydroxylation sites is 4. The van der Waals surface area contributed by atoms with Gasteiger partial charge in [0.15, 0.2) is 11.5 Å². The Kier molecular flexibility index (Phi) is 9.83. The third-order valence-electron chi connectivity index (χ3n) is 6.32. The molecule has 1 fully saturated rings. The van der Waals surface area contributed by atoms with Gasteiger partial charge in [-0.05, 0) is 87.7 Å². The van der Waals surface area contributed by atoms with E-state index in [9.17, 15) is 18.0 Å². The van der Waals surface area contributed by atoms with Crippen molar-refractivity contribution in [2.24, 2.45) is 0 Å². The first-order chi connectivity index (χ1) is 19.9. The fraction of sp³-hybridized carbons (Fsp3) is 0.387. The maximum atomic E-state index is 13.2. The van der Waals surface area contributed by atoms with E-state index in [1.54, 1.807) is 17.0 Å². The first kappa shape index (κ1) is 31.4. The zero-order chi connectivity index (χ0) is 30.5. The lowest BCUT2D eigenvalue weighted by molar-refractivity contribution is -0.274. The average Bonchev–Trinajstić information content (AvgIpc) is 2.94. The average molecular weight is 604 g/mol. The first-order valence-electron chi connectivity index (χ1n) is 13.9. The van der Waals surface area contributed by atoms with E-state index in [1.807, 2.05) is 83.1 Å². The Morgan fingerprint density at radius 1 is 0.905 bits per heavy atom. The Morgan fingerprint density at radius 3 is 2.02 bits per heavy atom. The maximum absolute atomic E-state index is 13.2. The molecule has 3 aromatic carbocycles. The Balaban J connectivity index is 0.00000198. The maximum Gasteiger partial charge on any atom is 0.573 e. The van der Waals surface area contributed by atoms with Crippen LogP contribution in [-0.4, -0.2) is 48.1 Å². The monoisotopic (exact) mass is 603 g/mol. The van der Waals surface area contributed by atoms with Crippen molar-refractivity contribution in [2.45, 2.75) is 70.0 Å². The second-order valence-corrected chi connectivity index (χ2v) is 11.5. The van der Waals surface area contributed by atoms with Gasteiger partial charge in [0.25, 0.3) is 0 Å². The number of halogens is 3. The van der Waals surface area contributed by atoms with Crippen molar-refractivity contribution in [3.63, 3.8) is 0 Å². The van der Waals surface area contributed by atoms with E-state index in [4.69, 9.17) is 9.47 Å². The van der Waals surface area contributed by atoms with Gasteiger partial charge in [0.05, 0.1) is 17.4 Å². The van der Waals surface area contributed by atoms with Gasteiger partial charge < -0.3 is 24.0 Å². The topological polar surface area (TPSA) is 63.3 Å². The van der Waals surface area contributed by atoms with Gasteiger partial charge in [-0.2, -0.15) is 0 Å². The highest BCUT2D eigenvalue weighted by molar-refractivity contribution is 7.97. The number of nitrogens with zero attached hydrogens (tertiary/aromatic N) is 2. The summed E-state index contributed by atoms with van der Waals surface area (Å²) in [5, 5.41) is 0. The summed E-state index contributed by atoms with van der Waals surface area (Å²) < 4.78 is 56.8. The van der Waals surface area contributed by atoms with Crippen molar-refractivity contribution >= 4 is 29.4 Å². The first-order valence-corrected chi connectivity index (χ1v) is 14.7. The molecule has 0 spiro atoms. The molecular formula is C31H36F3N3O4S. The van der Waals surface area contributed by atoms with Crippen molar-refractivity contribution in [1.29, 1.82) is 0 Å². The zero-order valence-electron chi connectivity index (χ0n) is 24.3. The van der Waals surface area contributed by atoms with Crippen LogP contribution in [0.4, 0.5) is 29.3 Å². The van der Waals surface area contributed by atoms with Gasteiger partial charge in [0.2, 0.25) is 0 Å².